The smallest absolute Gasteiger partial charge is 0.244 e. The molecular formula is C27H39N3O6S. The van der Waals surface area contributed by atoms with Crippen molar-refractivity contribution in [3.8, 4) is 11.5 Å². The molecule has 0 aromatic heterocycles. The fourth-order valence-corrected chi connectivity index (χ4v) is 4.87. The highest BCUT2D eigenvalue weighted by Gasteiger charge is 2.32. The van der Waals surface area contributed by atoms with Gasteiger partial charge in [-0.3, -0.25) is 13.9 Å². The highest BCUT2D eigenvalue weighted by Crippen LogP contribution is 2.32. The molecule has 0 saturated carbocycles. The van der Waals surface area contributed by atoms with Crippen LogP contribution in [0.25, 0.3) is 0 Å². The van der Waals surface area contributed by atoms with Crippen LogP contribution in [0.5, 0.6) is 11.5 Å². The van der Waals surface area contributed by atoms with Crippen molar-refractivity contribution < 1.29 is 27.5 Å². The summed E-state index contributed by atoms with van der Waals surface area (Å²) in [6, 6.07) is 11.6. The highest BCUT2D eigenvalue weighted by molar-refractivity contribution is 7.92. The number of aryl methyl sites for hydroxylation is 1. The zero-order valence-electron chi connectivity index (χ0n) is 22.6. The minimum atomic E-state index is -3.85. The Hall–Kier alpha value is -3.27. The average molecular weight is 534 g/mol. The molecule has 0 radical (unpaired) electrons. The minimum Gasteiger partial charge on any atom is -0.493 e. The second kappa shape index (κ2) is 13.9. The molecule has 10 heteroatoms. The van der Waals surface area contributed by atoms with Crippen LogP contribution in [0.2, 0.25) is 0 Å². The molecule has 37 heavy (non-hydrogen) atoms. The van der Waals surface area contributed by atoms with E-state index in [1.54, 1.807) is 12.1 Å². The minimum absolute atomic E-state index is 0.170. The lowest BCUT2D eigenvalue weighted by Crippen LogP contribution is -2.52. The summed E-state index contributed by atoms with van der Waals surface area (Å²) in [5, 5.41) is 2.91. The zero-order chi connectivity index (χ0) is 27.6. The van der Waals surface area contributed by atoms with E-state index in [0.29, 0.717) is 24.5 Å². The van der Waals surface area contributed by atoms with E-state index in [9.17, 15) is 18.0 Å². The van der Waals surface area contributed by atoms with Crippen LogP contribution < -0.4 is 19.1 Å². The Bertz CT molecular complexity index is 1170. The quantitative estimate of drug-likeness (QED) is 0.373. The molecule has 2 aromatic rings. The molecule has 1 N–H and O–H groups in total. The molecule has 0 spiro atoms. The fourth-order valence-electron chi connectivity index (χ4n) is 4.03. The van der Waals surface area contributed by atoms with Crippen LogP contribution >= 0.6 is 0 Å². The largest absolute Gasteiger partial charge is 0.493 e. The van der Waals surface area contributed by atoms with Crippen molar-refractivity contribution >= 4 is 27.5 Å². The van der Waals surface area contributed by atoms with Gasteiger partial charge in [-0.05, 0) is 37.5 Å². The van der Waals surface area contributed by atoms with E-state index in [1.807, 2.05) is 45.0 Å². The van der Waals surface area contributed by atoms with Gasteiger partial charge in [-0.1, -0.05) is 50.1 Å². The van der Waals surface area contributed by atoms with Crippen molar-refractivity contribution in [3.63, 3.8) is 0 Å². The summed E-state index contributed by atoms with van der Waals surface area (Å²) >= 11 is 0. The Balaban J connectivity index is 2.45. The van der Waals surface area contributed by atoms with Crippen molar-refractivity contribution in [3.05, 3.63) is 53.6 Å². The first-order chi connectivity index (χ1) is 17.5. The van der Waals surface area contributed by atoms with E-state index in [-0.39, 0.29) is 18.1 Å². The van der Waals surface area contributed by atoms with Crippen molar-refractivity contribution in [2.75, 3.05) is 37.9 Å². The maximum absolute atomic E-state index is 13.8. The molecule has 2 amide bonds. The number of methoxy groups -OCH3 is 2. The van der Waals surface area contributed by atoms with Gasteiger partial charge in [0.1, 0.15) is 12.6 Å². The van der Waals surface area contributed by atoms with Crippen molar-refractivity contribution in [1.29, 1.82) is 0 Å². The highest BCUT2D eigenvalue weighted by atomic mass is 32.2. The monoisotopic (exact) mass is 533 g/mol. The third-order valence-electron chi connectivity index (χ3n) is 5.99. The van der Waals surface area contributed by atoms with Gasteiger partial charge in [0.05, 0.1) is 26.2 Å². The number of sulfonamides is 1. The van der Waals surface area contributed by atoms with Crippen LogP contribution in [0.1, 0.15) is 44.2 Å². The van der Waals surface area contributed by atoms with Gasteiger partial charge >= 0.3 is 0 Å². The zero-order valence-corrected chi connectivity index (χ0v) is 23.4. The topological polar surface area (TPSA) is 105 Å². The van der Waals surface area contributed by atoms with Gasteiger partial charge in [0.2, 0.25) is 21.8 Å². The Labute approximate surface area is 220 Å². The standard InChI is InChI=1S/C27H39N3O6S/c1-7-9-15-28-27(32)23(8-2)29(18-21-12-10-11-20(3)16-21)26(31)19-30(37(6,33)34)22-13-14-24(35-4)25(17-22)36-5/h10-14,16-17,23H,7-9,15,18-19H2,1-6H3,(H,28,32). The van der Waals surface area contributed by atoms with Gasteiger partial charge in [-0.15, -0.1) is 0 Å². The number of carbonyl (C=O) groups is 2. The van der Waals surface area contributed by atoms with Crippen LogP contribution in [0.3, 0.4) is 0 Å². The molecule has 0 fully saturated rings. The number of amides is 2. The lowest BCUT2D eigenvalue weighted by atomic mass is 10.1. The molecule has 0 aliphatic rings. The number of unbranched alkanes of at least 4 members (excludes halogenated alkanes) is 1. The number of rotatable bonds is 14. The molecule has 1 atom stereocenters. The summed E-state index contributed by atoms with van der Waals surface area (Å²) in [6.07, 6.45) is 3.17. The number of nitrogens with zero attached hydrogens (tertiary/aromatic N) is 2. The lowest BCUT2D eigenvalue weighted by molar-refractivity contribution is -0.140. The summed E-state index contributed by atoms with van der Waals surface area (Å²) in [4.78, 5) is 28.3. The molecule has 0 aliphatic carbocycles. The predicted molar refractivity (Wildman–Crippen MR) is 145 cm³/mol. The molecule has 0 saturated heterocycles. The molecule has 204 valence electrons. The number of anilines is 1. The summed E-state index contributed by atoms with van der Waals surface area (Å²) in [5.74, 6) is 0.0227. The van der Waals surface area contributed by atoms with E-state index in [1.165, 1.54) is 25.2 Å². The van der Waals surface area contributed by atoms with Crippen molar-refractivity contribution in [1.82, 2.24) is 10.2 Å². The van der Waals surface area contributed by atoms with Crippen LogP contribution in [-0.4, -0.2) is 64.7 Å². The van der Waals surface area contributed by atoms with Gasteiger partial charge < -0.3 is 19.7 Å². The van der Waals surface area contributed by atoms with E-state index in [4.69, 9.17) is 9.47 Å². The van der Waals surface area contributed by atoms with Gasteiger partial charge in [0.25, 0.3) is 0 Å². The first kappa shape index (κ1) is 30.0. The Kier molecular flexibility index (Phi) is 11.2. The molecule has 0 heterocycles. The normalized spacial score (nSPS) is 11.9. The molecule has 0 aliphatic heterocycles. The third kappa shape index (κ3) is 8.38. The maximum atomic E-state index is 13.8. The van der Waals surface area contributed by atoms with E-state index >= 15 is 0 Å². The van der Waals surface area contributed by atoms with E-state index in [2.05, 4.69) is 5.32 Å². The summed E-state index contributed by atoms with van der Waals surface area (Å²) < 4.78 is 37.2. The Morgan fingerprint density at radius 3 is 2.30 bits per heavy atom. The number of hydrogen-bond acceptors (Lipinski definition) is 6. The van der Waals surface area contributed by atoms with Crippen LogP contribution in [0.4, 0.5) is 5.69 Å². The molecular weight excluding hydrogens is 494 g/mol. The SMILES string of the molecule is CCCCNC(=O)C(CC)N(Cc1cccc(C)c1)C(=O)CN(c1ccc(OC)c(OC)c1)S(C)(=O)=O. The molecule has 1 unspecified atom stereocenters. The summed E-state index contributed by atoms with van der Waals surface area (Å²) in [5.41, 5.74) is 2.13. The van der Waals surface area contributed by atoms with Crippen molar-refractivity contribution in [2.45, 2.75) is 52.6 Å². The summed E-state index contributed by atoms with van der Waals surface area (Å²) in [7, 11) is -0.922. The number of benzene rings is 2. The van der Waals surface area contributed by atoms with E-state index in [0.717, 1.165) is 34.5 Å². The van der Waals surface area contributed by atoms with E-state index < -0.39 is 28.5 Å². The van der Waals surface area contributed by atoms with Gasteiger partial charge in [0, 0.05) is 19.2 Å². The number of carbonyl (C=O) groups excluding carboxylic acids is 2. The Morgan fingerprint density at radius 1 is 1.03 bits per heavy atom. The van der Waals surface area contributed by atoms with Crippen molar-refractivity contribution in [2.24, 2.45) is 0 Å². The molecule has 9 nitrogen and oxygen atoms in total. The van der Waals surface area contributed by atoms with Gasteiger partial charge in [0.15, 0.2) is 11.5 Å². The predicted octanol–water partition coefficient (Wildman–Crippen LogP) is 3.50. The molecule has 2 rings (SSSR count). The van der Waals surface area contributed by atoms with Crippen LogP contribution in [0, 0.1) is 6.92 Å². The maximum Gasteiger partial charge on any atom is 0.244 e. The number of hydrogen-bond donors (Lipinski definition) is 1. The second-order valence-electron chi connectivity index (χ2n) is 8.89. The average Bonchev–Trinajstić information content (AvgIpc) is 2.86. The van der Waals surface area contributed by atoms with Crippen LogP contribution in [0.15, 0.2) is 42.5 Å². The Morgan fingerprint density at radius 2 is 1.73 bits per heavy atom. The third-order valence-corrected chi connectivity index (χ3v) is 7.13. The molecule has 0 bridgehead atoms. The fraction of sp³-hybridized carbons (Fsp3) is 0.481. The van der Waals surface area contributed by atoms with Crippen LogP contribution in [-0.2, 0) is 26.2 Å². The second-order valence-corrected chi connectivity index (χ2v) is 10.8. The van der Waals surface area contributed by atoms with Gasteiger partial charge in [-0.25, -0.2) is 8.42 Å². The first-order valence-corrected chi connectivity index (χ1v) is 14.2. The summed E-state index contributed by atoms with van der Waals surface area (Å²) in [6.45, 7) is 6.03. The number of nitrogens with one attached hydrogen (secondary N) is 1. The lowest BCUT2D eigenvalue weighted by Gasteiger charge is -2.33. The first-order valence-electron chi connectivity index (χ1n) is 12.4. The number of ether oxygens (including phenoxy) is 2. The van der Waals surface area contributed by atoms with Gasteiger partial charge in [-0.2, -0.15) is 0 Å². The molecule has 2 aromatic carbocycles.